The van der Waals surface area contributed by atoms with Gasteiger partial charge < -0.3 is 15.4 Å². The Hall–Kier alpha value is -1.92. The average Bonchev–Trinajstić information content (AvgIpc) is 3.00. The summed E-state index contributed by atoms with van der Waals surface area (Å²) < 4.78 is 5.66. The van der Waals surface area contributed by atoms with Crippen LogP contribution < -0.4 is 10.6 Å². The number of rotatable bonds is 5. The molecule has 3 rings (SSSR count). The lowest BCUT2D eigenvalue weighted by atomic mass is 9.72. The second kappa shape index (κ2) is 8.85. The van der Waals surface area contributed by atoms with Crippen LogP contribution in [0.1, 0.15) is 39.5 Å². The molecule has 146 valence electrons. The maximum absolute atomic E-state index is 5.66. The fourth-order valence-corrected chi connectivity index (χ4v) is 4.59. The number of hydrogen-bond donors (Lipinski definition) is 2. The van der Waals surface area contributed by atoms with E-state index in [9.17, 15) is 0 Å². The molecule has 1 aromatic heterocycles. The average molecular weight is 387 g/mol. The fourth-order valence-electron chi connectivity index (χ4n) is 3.72. The zero-order chi connectivity index (χ0) is 19.3. The van der Waals surface area contributed by atoms with Gasteiger partial charge in [-0.1, -0.05) is 24.3 Å². The van der Waals surface area contributed by atoms with Crippen molar-refractivity contribution in [2.24, 2.45) is 4.99 Å². The topological polar surface area (TPSA) is 58.5 Å². The van der Waals surface area contributed by atoms with E-state index in [1.807, 2.05) is 7.05 Å². The van der Waals surface area contributed by atoms with Crippen LogP contribution in [0.2, 0.25) is 0 Å². The van der Waals surface area contributed by atoms with Gasteiger partial charge in [0.1, 0.15) is 5.01 Å². The largest absolute Gasteiger partial charge is 0.381 e. The molecule has 0 aliphatic carbocycles. The smallest absolute Gasteiger partial charge is 0.191 e. The molecule has 0 unspecified atom stereocenters. The van der Waals surface area contributed by atoms with Crippen LogP contribution in [0.15, 0.2) is 29.3 Å². The van der Waals surface area contributed by atoms with Gasteiger partial charge in [0.2, 0.25) is 0 Å². The Morgan fingerprint density at radius 1 is 1.19 bits per heavy atom. The number of benzene rings is 1. The van der Waals surface area contributed by atoms with E-state index in [1.54, 1.807) is 11.3 Å². The molecule has 2 aromatic rings. The molecule has 1 aliphatic heterocycles. The lowest BCUT2D eigenvalue weighted by Crippen LogP contribution is -2.48. The van der Waals surface area contributed by atoms with E-state index in [2.05, 4.69) is 65.6 Å². The van der Waals surface area contributed by atoms with Crippen molar-refractivity contribution in [2.45, 2.75) is 45.6 Å². The number of guanidine groups is 1. The van der Waals surface area contributed by atoms with Gasteiger partial charge in [-0.2, -0.15) is 0 Å². The predicted molar refractivity (Wildman–Crippen MR) is 113 cm³/mol. The summed E-state index contributed by atoms with van der Waals surface area (Å²) in [6.45, 7) is 9.52. The Kier molecular flexibility index (Phi) is 6.50. The maximum atomic E-state index is 5.66. The first-order chi connectivity index (χ1) is 13.0. The number of aryl methyl sites for hydroxylation is 3. The molecule has 2 heterocycles. The quantitative estimate of drug-likeness (QED) is 0.610. The van der Waals surface area contributed by atoms with E-state index in [0.717, 1.165) is 49.3 Å². The molecule has 0 amide bonds. The number of nitrogens with one attached hydrogen (secondary N) is 2. The van der Waals surface area contributed by atoms with Gasteiger partial charge in [-0.05, 0) is 44.7 Å². The van der Waals surface area contributed by atoms with E-state index in [4.69, 9.17) is 4.74 Å². The van der Waals surface area contributed by atoms with E-state index < -0.39 is 0 Å². The third-order valence-electron chi connectivity index (χ3n) is 5.46. The predicted octanol–water partition coefficient (Wildman–Crippen LogP) is 3.48. The Bertz CT molecular complexity index is 774. The lowest BCUT2D eigenvalue weighted by molar-refractivity contribution is 0.0512. The Labute approximate surface area is 166 Å². The molecule has 0 bridgehead atoms. The molecule has 1 saturated heterocycles. The minimum absolute atomic E-state index is 0.0789. The third kappa shape index (κ3) is 4.68. The van der Waals surface area contributed by atoms with Gasteiger partial charge in [-0.15, -0.1) is 11.3 Å². The van der Waals surface area contributed by atoms with Gasteiger partial charge in [0.05, 0.1) is 12.2 Å². The molecule has 0 atom stereocenters. The van der Waals surface area contributed by atoms with Crippen molar-refractivity contribution in [1.29, 1.82) is 0 Å². The van der Waals surface area contributed by atoms with Crippen molar-refractivity contribution < 1.29 is 4.74 Å². The molecule has 27 heavy (non-hydrogen) atoms. The van der Waals surface area contributed by atoms with E-state index in [1.165, 1.54) is 16.0 Å². The number of aromatic nitrogens is 1. The first-order valence-electron chi connectivity index (χ1n) is 9.55. The molecular weight excluding hydrogens is 356 g/mol. The van der Waals surface area contributed by atoms with Crippen LogP contribution in [0.5, 0.6) is 0 Å². The number of aliphatic imine (C=N–C) groups is 1. The van der Waals surface area contributed by atoms with Gasteiger partial charge in [0.15, 0.2) is 5.96 Å². The highest BCUT2D eigenvalue weighted by atomic mass is 32.1. The van der Waals surface area contributed by atoms with E-state index >= 15 is 0 Å². The fraction of sp³-hybridized carbons (Fsp3) is 0.524. The van der Waals surface area contributed by atoms with Gasteiger partial charge >= 0.3 is 0 Å². The molecule has 1 aromatic carbocycles. The van der Waals surface area contributed by atoms with Crippen LogP contribution in [-0.2, 0) is 16.7 Å². The minimum atomic E-state index is 0.0789. The van der Waals surface area contributed by atoms with Crippen molar-refractivity contribution in [3.63, 3.8) is 0 Å². The van der Waals surface area contributed by atoms with Crippen molar-refractivity contribution in [3.8, 4) is 0 Å². The van der Waals surface area contributed by atoms with E-state index in [0.29, 0.717) is 6.54 Å². The van der Waals surface area contributed by atoms with Gasteiger partial charge in [0, 0.05) is 37.1 Å². The van der Waals surface area contributed by atoms with Crippen LogP contribution in [0, 0.1) is 20.8 Å². The maximum Gasteiger partial charge on any atom is 0.191 e. The van der Waals surface area contributed by atoms with Crippen LogP contribution in [-0.4, -0.2) is 37.7 Å². The zero-order valence-corrected chi connectivity index (χ0v) is 17.6. The van der Waals surface area contributed by atoms with Crippen LogP contribution >= 0.6 is 11.3 Å². The van der Waals surface area contributed by atoms with Crippen molar-refractivity contribution in [1.82, 2.24) is 15.6 Å². The van der Waals surface area contributed by atoms with Gasteiger partial charge in [-0.3, -0.25) is 4.99 Å². The summed E-state index contributed by atoms with van der Waals surface area (Å²) in [5.41, 5.74) is 3.95. The summed E-state index contributed by atoms with van der Waals surface area (Å²) in [6, 6.07) is 8.71. The summed E-state index contributed by atoms with van der Waals surface area (Å²) in [7, 11) is 1.82. The minimum Gasteiger partial charge on any atom is -0.381 e. The highest BCUT2D eigenvalue weighted by molar-refractivity contribution is 7.11. The Morgan fingerprint density at radius 3 is 2.56 bits per heavy atom. The van der Waals surface area contributed by atoms with Crippen LogP contribution in [0.25, 0.3) is 0 Å². The highest BCUT2D eigenvalue weighted by Gasteiger charge is 2.35. The molecule has 0 saturated carbocycles. The molecule has 0 spiro atoms. The number of nitrogens with zero attached hydrogens (tertiary/aromatic N) is 2. The molecule has 6 heteroatoms. The first kappa shape index (κ1) is 19.8. The van der Waals surface area contributed by atoms with Crippen molar-refractivity contribution in [3.05, 3.63) is 51.0 Å². The summed E-state index contributed by atoms with van der Waals surface area (Å²) in [4.78, 5) is 10.3. The molecule has 1 fully saturated rings. The van der Waals surface area contributed by atoms with Crippen LogP contribution in [0.3, 0.4) is 0 Å². The van der Waals surface area contributed by atoms with E-state index in [-0.39, 0.29) is 5.41 Å². The first-order valence-corrected chi connectivity index (χ1v) is 10.4. The molecular formula is C21H30N4OS. The van der Waals surface area contributed by atoms with Crippen LogP contribution in [0.4, 0.5) is 0 Å². The van der Waals surface area contributed by atoms with Gasteiger partial charge in [0.25, 0.3) is 0 Å². The SMILES string of the molecule is CN=C(NCc1nc(C)c(C)s1)NCC1(c2ccccc2C)CCOCC1. The van der Waals surface area contributed by atoms with Crippen molar-refractivity contribution in [2.75, 3.05) is 26.8 Å². The molecule has 0 radical (unpaired) electrons. The number of hydrogen-bond acceptors (Lipinski definition) is 4. The monoisotopic (exact) mass is 386 g/mol. The molecule has 5 nitrogen and oxygen atoms in total. The number of ether oxygens (including phenoxy) is 1. The normalized spacial score (nSPS) is 17.0. The summed E-state index contributed by atoms with van der Waals surface area (Å²) in [6.07, 6.45) is 2.04. The highest BCUT2D eigenvalue weighted by Crippen LogP contribution is 2.36. The Balaban J connectivity index is 1.67. The molecule has 2 N–H and O–H groups in total. The summed E-state index contributed by atoms with van der Waals surface area (Å²) in [5, 5.41) is 8.05. The Morgan fingerprint density at radius 2 is 1.93 bits per heavy atom. The lowest BCUT2D eigenvalue weighted by Gasteiger charge is -2.39. The summed E-state index contributed by atoms with van der Waals surface area (Å²) in [5.74, 6) is 0.819. The third-order valence-corrected chi connectivity index (χ3v) is 6.54. The number of thiazole rings is 1. The van der Waals surface area contributed by atoms with Gasteiger partial charge in [-0.25, -0.2) is 4.98 Å². The summed E-state index contributed by atoms with van der Waals surface area (Å²) >= 11 is 1.74. The zero-order valence-electron chi connectivity index (χ0n) is 16.8. The second-order valence-electron chi connectivity index (χ2n) is 7.24. The standard InChI is InChI=1S/C21H30N4OS/c1-15-7-5-6-8-18(15)21(9-11-26-12-10-21)14-24-20(22-4)23-13-19-25-16(2)17(3)27-19/h5-8H,9-14H2,1-4H3,(H2,22,23,24). The van der Waals surface area contributed by atoms with Crippen molar-refractivity contribution >= 4 is 17.3 Å². The molecule has 1 aliphatic rings. The second-order valence-corrected chi connectivity index (χ2v) is 8.52.